The van der Waals surface area contributed by atoms with Crippen LogP contribution < -0.4 is 0 Å². The van der Waals surface area contributed by atoms with Gasteiger partial charge in [0.1, 0.15) is 5.76 Å². The van der Waals surface area contributed by atoms with Crippen LogP contribution in [0.25, 0.3) is 0 Å². The van der Waals surface area contributed by atoms with Crippen molar-refractivity contribution in [2.24, 2.45) is 0 Å². The van der Waals surface area contributed by atoms with Crippen LogP contribution in [0.3, 0.4) is 0 Å². The zero-order valence-corrected chi connectivity index (χ0v) is 5.68. The Balaban J connectivity index is 3.64. The van der Waals surface area contributed by atoms with Gasteiger partial charge in [-0.2, -0.15) is 0 Å². The SMILES string of the molecule is C=C(OC(=O)O)C(C)Cl. The Morgan fingerprint density at radius 3 is 2.44 bits per heavy atom. The van der Waals surface area contributed by atoms with Crippen molar-refractivity contribution < 1.29 is 14.6 Å². The molecule has 0 aromatic rings. The van der Waals surface area contributed by atoms with E-state index in [1.165, 1.54) is 0 Å². The van der Waals surface area contributed by atoms with Crippen molar-refractivity contribution in [1.29, 1.82) is 0 Å². The van der Waals surface area contributed by atoms with Gasteiger partial charge < -0.3 is 9.84 Å². The van der Waals surface area contributed by atoms with E-state index < -0.39 is 11.5 Å². The highest BCUT2D eigenvalue weighted by molar-refractivity contribution is 6.21. The Kier molecular flexibility index (Phi) is 3.09. The van der Waals surface area contributed by atoms with Crippen LogP contribution in [0.2, 0.25) is 0 Å². The molecular formula is C5H7ClO3. The average molecular weight is 151 g/mol. The van der Waals surface area contributed by atoms with Crippen molar-refractivity contribution in [1.82, 2.24) is 0 Å². The molecule has 0 aliphatic carbocycles. The van der Waals surface area contributed by atoms with Crippen LogP contribution in [-0.2, 0) is 4.74 Å². The molecule has 52 valence electrons. The second-order valence-electron chi connectivity index (χ2n) is 1.45. The number of ether oxygens (including phenoxy) is 1. The van der Waals surface area contributed by atoms with E-state index in [2.05, 4.69) is 11.3 Å². The molecule has 0 aliphatic heterocycles. The third kappa shape index (κ3) is 3.85. The number of hydrogen-bond donors (Lipinski definition) is 1. The number of allylic oxidation sites excluding steroid dienone is 1. The Hall–Kier alpha value is -0.700. The van der Waals surface area contributed by atoms with Gasteiger partial charge in [-0.3, -0.25) is 0 Å². The fourth-order valence-corrected chi connectivity index (χ4v) is 0.238. The van der Waals surface area contributed by atoms with E-state index in [0.29, 0.717) is 0 Å². The highest BCUT2D eigenvalue weighted by Gasteiger charge is 2.06. The fraction of sp³-hybridized carbons (Fsp3) is 0.400. The van der Waals surface area contributed by atoms with Gasteiger partial charge in [-0.15, -0.1) is 11.6 Å². The minimum Gasteiger partial charge on any atom is -0.449 e. The summed E-state index contributed by atoms with van der Waals surface area (Å²) in [5.41, 5.74) is 0. The van der Waals surface area contributed by atoms with Crippen molar-refractivity contribution in [3.05, 3.63) is 12.3 Å². The van der Waals surface area contributed by atoms with Crippen LogP contribution in [0.4, 0.5) is 4.79 Å². The summed E-state index contributed by atoms with van der Waals surface area (Å²) in [6.07, 6.45) is -1.38. The molecule has 0 rings (SSSR count). The summed E-state index contributed by atoms with van der Waals surface area (Å²) in [5.74, 6) is 0.0455. The minimum atomic E-state index is -1.38. The largest absolute Gasteiger partial charge is 0.511 e. The number of hydrogen-bond acceptors (Lipinski definition) is 2. The molecule has 0 bridgehead atoms. The maximum atomic E-state index is 9.77. The van der Waals surface area contributed by atoms with Gasteiger partial charge in [-0.05, 0) is 6.92 Å². The van der Waals surface area contributed by atoms with E-state index in [1.807, 2.05) is 0 Å². The van der Waals surface area contributed by atoms with Crippen molar-refractivity contribution in [2.75, 3.05) is 0 Å². The summed E-state index contributed by atoms with van der Waals surface area (Å²) in [6.45, 7) is 4.84. The lowest BCUT2D eigenvalue weighted by molar-refractivity contribution is 0.117. The summed E-state index contributed by atoms with van der Waals surface area (Å²) >= 11 is 5.38. The van der Waals surface area contributed by atoms with Crippen LogP contribution in [0, 0.1) is 0 Å². The molecule has 1 atom stereocenters. The van der Waals surface area contributed by atoms with Crippen molar-refractivity contribution in [3.8, 4) is 0 Å². The van der Waals surface area contributed by atoms with Gasteiger partial charge in [0.05, 0.1) is 5.38 Å². The second kappa shape index (κ2) is 3.35. The Morgan fingerprint density at radius 1 is 1.89 bits per heavy atom. The molecule has 1 N–H and O–H groups in total. The van der Waals surface area contributed by atoms with Gasteiger partial charge in [0, 0.05) is 0 Å². The standard InChI is InChI=1S/C5H7ClO3/c1-3(6)4(2)9-5(7)8/h3H,2H2,1H3,(H,7,8). The number of carboxylic acid groups (broad SMARTS) is 1. The van der Waals surface area contributed by atoms with Gasteiger partial charge in [0.25, 0.3) is 0 Å². The molecule has 0 aliphatic rings. The number of carbonyl (C=O) groups is 1. The lowest BCUT2D eigenvalue weighted by Gasteiger charge is -2.03. The second-order valence-corrected chi connectivity index (χ2v) is 2.10. The van der Waals surface area contributed by atoms with E-state index in [-0.39, 0.29) is 5.76 Å². The molecule has 1 unspecified atom stereocenters. The molecule has 0 amide bonds. The van der Waals surface area contributed by atoms with Gasteiger partial charge in [0.2, 0.25) is 0 Å². The van der Waals surface area contributed by atoms with Crippen molar-refractivity contribution >= 4 is 17.8 Å². The van der Waals surface area contributed by atoms with Crippen molar-refractivity contribution in [2.45, 2.75) is 12.3 Å². The molecule has 0 fully saturated rings. The molecule has 3 nitrogen and oxygen atoms in total. The quantitative estimate of drug-likeness (QED) is 0.371. The molecule has 0 aromatic heterocycles. The lowest BCUT2D eigenvalue weighted by Crippen LogP contribution is -2.05. The Morgan fingerprint density at radius 2 is 2.33 bits per heavy atom. The van der Waals surface area contributed by atoms with Gasteiger partial charge >= 0.3 is 6.16 Å². The third-order valence-electron chi connectivity index (χ3n) is 0.662. The van der Waals surface area contributed by atoms with Gasteiger partial charge in [0.15, 0.2) is 0 Å². The first-order chi connectivity index (χ1) is 4.04. The summed E-state index contributed by atoms with van der Waals surface area (Å²) in [7, 11) is 0. The van der Waals surface area contributed by atoms with Crippen LogP contribution in [-0.4, -0.2) is 16.6 Å². The summed E-state index contributed by atoms with van der Waals surface area (Å²) in [5, 5.41) is 7.52. The molecule has 0 saturated carbocycles. The minimum absolute atomic E-state index is 0.0455. The number of halogens is 1. The van der Waals surface area contributed by atoms with Gasteiger partial charge in [-0.1, -0.05) is 6.58 Å². The maximum Gasteiger partial charge on any atom is 0.511 e. The molecule has 4 heteroatoms. The van der Waals surface area contributed by atoms with Crippen LogP contribution in [0.1, 0.15) is 6.92 Å². The third-order valence-corrected chi connectivity index (χ3v) is 0.905. The smallest absolute Gasteiger partial charge is 0.449 e. The molecule has 0 saturated heterocycles. The van der Waals surface area contributed by atoms with Gasteiger partial charge in [-0.25, -0.2) is 4.79 Å². The lowest BCUT2D eigenvalue weighted by atomic mass is 10.4. The first kappa shape index (κ1) is 8.30. The predicted octanol–water partition coefficient (Wildman–Crippen LogP) is 1.82. The number of alkyl halides is 1. The van der Waals surface area contributed by atoms with E-state index in [4.69, 9.17) is 16.7 Å². The molecular weight excluding hydrogens is 144 g/mol. The topological polar surface area (TPSA) is 46.5 Å². The number of rotatable bonds is 2. The first-order valence-corrected chi connectivity index (χ1v) is 2.71. The van der Waals surface area contributed by atoms with Crippen LogP contribution in [0.15, 0.2) is 12.3 Å². The summed E-state index contributed by atoms with van der Waals surface area (Å²) < 4.78 is 4.10. The summed E-state index contributed by atoms with van der Waals surface area (Å²) in [4.78, 5) is 9.77. The molecule has 0 spiro atoms. The Labute approximate surface area is 57.9 Å². The van der Waals surface area contributed by atoms with Crippen LogP contribution in [0.5, 0.6) is 0 Å². The maximum absolute atomic E-state index is 9.77. The molecule has 0 heterocycles. The van der Waals surface area contributed by atoms with E-state index >= 15 is 0 Å². The molecule has 0 radical (unpaired) electrons. The normalized spacial score (nSPS) is 12.2. The molecule has 9 heavy (non-hydrogen) atoms. The van der Waals surface area contributed by atoms with E-state index in [1.54, 1.807) is 6.92 Å². The fourth-order valence-electron chi connectivity index (χ4n) is 0.193. The predicted molar refractivity (Wildman–Crippen MR) is 33.6 cm³/mol. The molecule has 0 aromatic carbocycles. The highest BCUT2D eigenvalue weighted by Crippen LogP contribution is 2.07. The first-order valence-electron chi connectivity index (χ1n) is 2.27. The monoisotopic (exact) mass is 150 g/mol. The van der Waals surface area contributed by atoms with Crippen LogP contribution >= 0.6 is 11.6 Å². The van der Waals surface area contributed by atoms with E-state index in [9.17, 15) is 4.79 Å². The Bertz CT molecular complexity index is 130. The average Bonchev–Trinajstić information content (AvgIpc) is 1.63. The highest BCUT2D eigenvalue weighted by atomic mass is 35.5. The summed E-state index contributed by atoms with van der Waals surface area (Å²) in [6, 6.07) is 0. The zero-order valence-electron chi connectivity index (χ0n) is 4.93. The van der Waals surface area contributed by atoms with Crippen molar-refractivity contribution in [3.63, 3.8) is 0 Å². The van der Waals surface area contributed by atoms with E-state index in [0.717, 1.165) is 0 Å². The zero-order chi connectivity index (χ0) is 7.44.